The lowest BCUT2D eigenvalue weighted by molar-refractivity contribution is -0.161. The van der Waals surface area contributed by atoms with E-state index in [1.165, 1.54) is 0 Å². The van der Waals surface area contributed by atoms with E-state index in [1.54, 1.807) is 42.5 Å². The molecule has 0 heterocycles. The smallest absolute Gasteiger partial charge is 0.472 e. The third kappa shape index (κ3) is 39.7. The first kappa shape index (κ1) is 57.5. The molecule has 346 valence electrons. The first-order valence-corrected chi connectivity index (χ1v) is 22.9. The number of phosphoric acid groups is 1. The molecule has 0 aromatic carbocycles. The second kappa shape index (κ2) is 40.6. The zero-order valence-electron chi connectivity index (χ0n) is 36.6. The fourth-order valence-corrected chi connectivity index (χ4v) is 5.49. The Balaban J connectivity index is 4.73. The number of carbonyl (C=O) groups excluding carboxylic acids is 2. The van der Waals surface area contributed by atoms with Gasteiger partial charge in [-0.3, -0.25) is 23.4 Å². The molecule has 0 rings (SSSR count). The first-order valence-electron chi connectivity index (χ1n) is 21.4. The Morgan fingerprint density at radius 3 is 1.56 bits per heavy atom. The summed E-state index contributed by atoms with van der Waals surface area (Å²) < 4.78 is 32.5. The molecular weight excluding hydrogens is 813 g/mol. The molecule has 62 heavy (non-hydrogen) atoms. The van der Waals surface area contributed by atoms with Crippen LogP contribution in [0.4, 0.5) is 0 Å². The molecule has 0 saturated heterocycles. The predicted octanol–water partition coefficient (Wildman–Crippen LogP) is 9.33. The summed E-state index contributed by atoms with van der Waals surface area (Å²) in [7, 11) is -4.79. The van der Waals surface area contributed by atoms with Crippen molar-refractivity contribution in [3.63, 3.8) is 0 Å². The highest BCUT2D eigenvalue weighted by atomic mass is 31.2. The van der Waals surface area contributed by atoms with Gasteiger partial charge in [0.05, 0.1) is 25.4 Å². The molecule has 1 unspecified atom stereocenters. The summed E-state index contributed by atoms with van der Waals surface area (Å²) in [4.78, 5) is 45.9. The Bertz CT molecular complexity index is 1590. The van der Waals surface area contributed by atoms with E-state index in [4.69, 9.17) is 24.8 Å². The Morgan fingerprint density at radius 1 is 0.581 bits per heavy atom. The molecule has 0 bridgehead atoms. The number of hydrogen-bond donors (Lipinski definition) is 5. The lowest BCUT2D eigenvalue weighted by Gasteiger charge is -2.20. The Kier molecular flexibility index (Phi) is 37.7. The normalized spacial score (nSPS) is 16.0. The van der Waals surface area contributed by atoms with E-state index in [1.807, 2.05) is 49.5 Å². The summed E-state index contributed by atoms with van der Waals surface area (Å²) in [6.07, 6.45) is 48.9. The first-order chi connectivity index (χ1) is 29.9. The number of phosphoric ester groups is 1. The number of aliphatic carboxylic acids is 1. The lowest BCUT2D eigenvalue weighted by atomic mass is 10.2. The fourth-order valence-electron chi connectivity index (χ4n) is 4.71. The number of nitrogens with two attached hydrogens (primary N) is 1. The number of carboxylic acids is 1. The maximum atomic E-state index is 12.6. The Labute approximate surface area is 369 Å². The quantitative estimate of drug-likeness (QED) is 0.0130. The fraction of sp³-hybridized carbons (Fsp3) is 0.479. The van der Waals surface area contributed by atoms with E-state index >= 15 is 0 Å². The van der Waals surface area contributed by atoms with Crippen molar-refractivity contribution in [2.24, 2.45) is 5.73 Å². The van der Waals surface area contributed by atoms with Crippen LogP contribution >= 0.6 is 7.82 Å². The molecule has 0 saturated carbocycles. The highest BCUT2D eigenvalue weighted by Crippen LogP contribution is 2.43. The van der Waals surface area contributed by atoms with Gasteiger partial charge in [-0.1, -0.05) is 148 Å². The molecule has 14 heteroatoms. The van der Waals surface area contributed by atoms with Gasteiger partial charge >= 0.3 is 25.7 Å². The van der Waals surface area contributed by atoms with Crippen LogP contribution in [0.1, 0.15) is 104 Å². The van der Waals surface area contributed by atoms with E-state index < -0.39 is 69.9 Å². The molecular formula is C48H72NO12P. The summed E-state index contributed by atoms with van der Waals surface area (Å²) in [6.45, 7) is 2.23. The van der Waals surface area contributed by atoms with Gasteiger partial charge in [0.1, 0.15) is 12.6 Å². The molecule has 0 fully saturated rings. The van der Waals surface area contributed by atoms with Crippen molar-refractivity contribution in [3.8, 4) is 0 Å². The third-order valence-corrected chi connectivity index (χ3v) is 9.02. The Morgan fingerprint density at radius 2 is 1.03 bits per heavy atom. The molecule has 0 aromatic heterocycles. The summed E-state index contributed by atoms with van der Waals surface area (Å²) in [6, 6.07) is -1.57. The van der Waals surface area contributed by atoms with Crippen molar-refractivity contribution in [2.75, 3.05) is 19.8 Å². The van der Waals surface area contributed by atoms with Gasteiger partial charge in [-0.15, -0.1) is 0 Å². The highest BCUT2D eigenvalue weighted by molar-refractivity contribution is 7.47. The SMILES string of the molecule is CC/C=C\C/C=C\C/C=C\C/C=C\C/C=C\CCCC(=O)OC[C@H](COP(=O)(O)OC[C@H](N)C(=O)O)OC(=O)CC/C=C\C/C=C\C[C@@H](O)/C=C/C=C\C=C\[C@@H](O)C/C=C\CC. The van der Waals surface area contributed by atoms with Crippen LogP contribution in [0, 0.1) is 0 Å². The van der Waals surface area contributed by atoms with Crippen molar-refractivity contribution in [1.29, 1.82) is 0 Å². The molecule has 0 aliphatic rings. The average Bonchev–Trinajstić information content (AvgIpc) is 3.24. The van der Waals surface area contributed by atoms with Crippen LogP contribution < -0.4 is 5.73 Å². The van der Waals surface area contributed by atoms with Crippen molar-refractivity contribution < 1.29 is 57.7 Å². The number of hydrogen-bond acceptors (Lipinski definition) is 11. The van der Waals surface area contributed by atoms with Crippen molar-refractivity contribution in [2.45, 2.75) is 128 Å². The summed E-state index contributed by atoms with van der Waals surface area (Å²) in [5.74, 6) is -2.67. The number of rotatable bonds is 37. The average molecular weight is 886 g/mol. The lowest BCUT2D eigenvalue weighted by Crippen LogP contribution is -2.34. The number of unbranched alkanes of at least 4 members (excludes halogenated alkanes) is 1. The van der Waals surface area contributed by atoms with Gasteiger partial charge in [-0.05, 0) is 77.0 Å². The maximum absolute atomic E-state index is 12.6. The van der Waals surface area contributed by atoms with Gasteiger partial charge in [0.2, 0.25) is 0 Å². The van der Waals surface area contributed by atoms with Gasteiger partial charge in [-0.25, -0.2) is 4.57 Å². The molecule has 0 aliphatic carbocycles. The van der Waals surface area contributed by atoms with Crippen molar-refractivity contribution in [1.82, 2.24) is 0 Å². The number of ether oxygens (including phenoxy) is 2. The second-order valence-corrected chi connectivity index (χ2v) is 15.2. The standard InChI is InChI=1S/C48H72NO12P/c1-3-5-7-8-9-10-11-12-13-14-15-16-17-18-19-23-31-37-46(52)58-39-44(40-59-62(56,57)60-41-45(49)48(54)55)61-47(53)38-32-24-21-20-22-28-34-43(51)36-30-26-25-29-35-42(50)33-27-6-4-2/h5-7,9-10,12-13,15-16,18-19,21-22,24-30,35-36,42-45,50-51H,3-4,8,11,14,17,20,23,31-34,37-41,49H2,1-2H3,(H,54,55)(H,56,57)/b7-5-,10-9-,13-12-,16-15-,19-18-,24-21-,26-25-,27-6-,28-22-,35-29+,36-30+/t42-,43+,44+,45-/m0/s1. The molecule has 5 atom stereocenters. The zero-order chi connectivity index (χ0) is 45.9. The van der Waals surface area contributed by atoms with Crippen molar-refractivity contribution in [3.05, 3.63) is 134 Å². The van der Waals surface area contributed by atoms with E-state index in [9.17, 15) is 34.1 Å². The van der Waals surface area contributed by atoms with Crippen LogP contribution in [-0.4, -0.2) is 82.3 Å². The van der Waals surface area contributed by atoms with Gasteiger partial charge in [0.25, 0.3) is 0 Å². The number of aliphatic hydroxyl groups excluding tert-OH is 2. The highest BCUT2D eigenvalue weighted by Gasteiger charge is 2.28. The van der Waals surface area contributed by atoms with Gasteiger partial charge in [0, 0.05) is 12.8 Å². The largest absolute Gasteiger partial charge is 0.480 e. The molecule has 0 spiro atoms. The Hall–Kier alpha value is -4.46. The zero-order valence-corrected chi connectivity index (χ0v) is 37.5. The van der Waals surface area contributed by atoms with Crippen LogP contribution in [0.25, 0.3) is 0 Å². The second-order valence-electron chi connectivity index (χ2n) is 13.8. The number of aliphatic hydroxyl groups is 2. The number of esters is 2. The molecule has 13 nitrogen and oxygen atoms in total. The molecule has 0 amide bonds. The van der Waals surface area contributed by atoms with Gasteiger partial charge < -0.3 is 35.4 Å². The minimum Gasteiger partial charge on any atom is -0.480 e. The van der Waals surface area contributed by atoms with Gasteiger partial charge in [-0.2, -0.15) is 0 Å². The van der Waals surface area contributed by atoms with Crippen LogP contribution in [-0.2, 0) is 37.5 Å². The summed E-state index contributed by atoms with van der Waals surface area (Å²) in [5, 5.41) is 28.8. The van der Waals surface area contributed by atoms with E-state index in [0.29, 0.717) is 38.5 Å². The van der Waals surface area contributed by atoms with Crippen LogP contribution in [0.15, 0.2) is 134 Å². The molecule has 0 aromatic rings. The molecule has 0 radical (unpaired) electrons. The van der Waals surface area contributed by atoms with Crippen LogP contribution in [0.2, 0.25) is 0 Å². The maximum Gasteiger partial charge on any atom is 0.472 e. The van der Waals surface area contributed by atoms with Crippen LogP contribution in [0.5, 0.6) is 0 Å². The number of carbonyl (C=O) groups is 3. The van der Waals surface area contributed by atoms with Gasteiger partial charge in [0.15, 0.2) is 6.10 Å². The van der Waals surface area contributed by atoms with Crippen molar-refractivity contribution >= 4 is 25.7 Å². The van der Waals surface area contributed by atoms with E-state index in [-0.39, 0.29) is 12.8 Å². The predicted molar refractivity (Wildman–Crippen MR) is 247 cm³/mol. The summed E-state index contributed by atoms with van der Waals surface area (Å²) >= 11 is 0. The monoisotopic (exact) mass is 885 g/mol. The molecule has 0 aliphatic heterocycles. The van der Waals surface area contributed by atoms with E-state index in [0.717, 1.165) is 38.5 Å². The van der Waals surface area contributed by atoms with Crippen LogP contribution in [0.3, 0.4) is 0 Å². The number of carboxylic acid groups (broad SMARTS) is 1. The van der Waals surface area contributed by atoms with E-state index in [2.05, 4.69) is 60.1 Å². The summed E-state index contributed by atoms with van der Waals surface area (Å²) in [5.41, 5.74) is 5.31. The topological polar surface area (TPSA) is 212 Å². The third-order valence-electron chi connectivity index (χ3n) is 8.07. The molecule has 6 N–H and O–H groups in total. The minimum absolute atomic E-state index is 0.0419. The number of allylic oxidation sites excluding steroid dienone is 18. The minimum atomic E-state index is -4.79.